The fourth-order valence-electron chi connectivity index (χ4n) is 1.88. The zero-order valence-corrected chi connectivity index (χ0v) is 12.4. The molecule has 0 aliphatic heterocycles. The molecule has 0 fully saturated rings. The van der Waals surface area contributed by atoms with Crippen LogP contribution in [0.4, 0.5) is 4.39 Å². The SMILES string of the molecule is CC(C)Cn1c(CO)nnc1-c1cc(F)ccc1Br. The molecule has 19 heavy (non-hydrogen) atoms. The van der Waals surface area contributed by atoms with Crippen molar-refractivity contribution in [3.8, 4) is 11.4 Å². The van der Waals surface area contributed by atoms with Crippen LogP contribution in [0.2, 0.25) is 0 Å². The second kappa shape index (κ2) is 5.79. The number of hydrogen-bond donors (Lipinski definition) is 1. The number of aliphatic hydroxyl groups excluding tert-OH is 1. The number of rotatable bonds is 4. The van der Waals surface area contributed by atoms with Crippen molar-refractivity contribution in [1.82, 2.24) is 14.8 Å². The molecule has 0 saturated heterocycles. The third-order valence-corrected chi connectivity index (χ3v) is 3.38. The van der Waals surface area contributed by atoms with Gasteiger partial charge in [-0.15, -0.1) is 10.2 Å². The number of halogens is 2. The van der Waals surface area contributed by atoms with E-state index in [9.17, 15) is 9.50 Å². The third kappa shape index (κ3) is 3.01. The van der Waals surface area contributed by atoms with Gasteiger partial charge in [0.05, 0.1) is 0 Å². The predicted molar refractivity (Wildman–Crippen MR) is 73.9 cm³/mol. The van der Waals surface area contributed by atoms with Crippen LogP contribution >= 0.6 is 15.9 Å². The highest BCUT2D eigenvalue weighted by Gasteiger charge is 2.16. The summed E-state index contributed by atoms with van der Waals surface area (Å²) in [6, 6.07) is 4.42. The summed E-state index contributed by atoms with van der Waals surface area (Å²) in [7, 11) is 0. The molecule has 0 spiro atoms. The molecule has 0 saturated carbocycles. The Morgan fingerprint density at radius 3 is 2.74 bits per heavy atom. The molecular weight excluding hydrogens is 313 g/mol. The molecule has 0 radical (unpaired) electrons. The van der Waals surface area contributed by atoms with Crippen molar-refractivity contribution in [2.75, 3.05) is 0 Å². The van der Waals surface area contributed by atoms with Gasteiger partial charge in [0.1, 0.15) is 12.4 Å². The zero-order valence-electron chi connectivity index (χ0n) is 10.8. The summed E-state index contributed by atoms with van der Waals surface area (Å²) in [5, 5.41) is 17.3. The van der Waals surface area contributed by atoms with E-state index in [1.54, 1.807) is 6.07 Å². The number of benzene rings is 1. The summed E-state index contributed by atoms with van der Waals surface area (Å²) in [4.78, 5) is 0. The Labute approximate surface area is 119 Å². The summed E-state index contributed by atoms with van der Waals surface area (Å²) in [6.07, 6.45) is 0. The van der Waals surface area contributed by atoms with E-state index in [1.165, 1.54) is 12.1 Å². The topological polar surface area (TPSA) is 50.9 Å². The fourth-order valence-corrected chi connectivity index (χ4v) is 2.30. The van der Waals surface area contributed by atoms with E-state index in [1.807, 2.05) is 4.57 Å². The van der Waals surface area contributed by atoms with Crippen LogP contribution in [0.1, 0.15) is 19.7 Å². The Hall–Kier alpha value is -1.27. The largest absolute Gasteiger partial charge is 0.388 e. The first-order valence-corrected chi connectivity index (χ1v) is 6.80. The van der Waals surface area contributed by atoms with Crippen LogP contribution in [0.5, 0.6) is 0 Å². The highest BCUT2D eigenvalue weighted by molar-refractivity contribution is 9.10. The van der Waals surface area contributed by atoms with E-state index >= 15 is 0 Å². The lowest BCUT2D eigenvalue weighted by atomic mass is 10.2. The van der Waals surface area contributed by atoms with Gasteiger partial charge in [-0.3, -0.25) is 0 Å². The maximum Gasteiger partial charge on any atom is 0.165 e. The molecule has 0 aliphatic carbocycles. The lowest BCUT2D eigenvalue weighted by Gasteiger charge is -2.12. The van der Waals surface area contributed by atoms with Gasteiger partial charge in [-0.2, -0.15) is 0 Å². The standard InChI is InChI=1S/C13H15BrFN3O/c1-8(2)6-18-12(7-19)16-17-13(18)10-5-9(15)3-4-11(10)14/h3-5,8,19H,6-7H2,1-2H3. The number of hydrogen-bond acceptors (Lipinski definition) is 3. The average Bonchev–Trinajstić information content (AvgIpc) is 2.74. The minimum Gasteiger partial charge on any atom is -0.388 e. The quantitative estimate of drug-likeness (QED) is 0.939. The number of aromatic nitrogens is 3. The van der Waals surface area contributed by atoms with Crippen molar-refractivity contribution < 1.29 is 9.50 Å². The van der Waals surface area contributed by atoms with E-state index in [0.29, 0.717) is 29.7 Å². The average molecular weight is 328 g/mol. The molecular formula is C13H15BrFN3O. The summed E-state index contributed by atoms with van der Waals surface area (Å²) >= 11 is 3.39. The van der Waals surface area contributed by atoms with Crippen LogP contribution in [-0.2, 0) is 13.2 Å². The van der Waals surface area contributed by atoms with Crippen molar-refractivity contribution in [3.05, 3.63) is 34.3 Å². The lowest BCUT2D eigenvalue weighted by molar-refractivity contribution is 0.262. The van der Waals surface area contributed by atoms with Crippen LogP contribution in [0.15, 0.2) is 22.7 Å². The minimum absolute atomic E-state index is 0.188. The fraction of sp³-hybridized carbons (Fsp3) is 0.385. The van der Waals surface area contributed by atoms with Crippen LogP contribution < -0.4 is 0 Å². The first-order chi connectivity index (χ1) is 9.02. The van der Waals surface area contributed by atoms with Crippen molar-refractivity contribution in [2.24, 2.45) is 5.92 Å². The second-order valence-electron chi connectivity index (χ2n) is 4.73. The van der Waals surface area contributed by atoms with Crippen molar-refractivity contribution in [1.29, 1.82) is 0 Å². The van der Waals surface area contributed by atoms with Gasteiger partial charge in [-0.25, -0.2) is 4.39 Å². The van der Waals surface area contributed by atoms with Crippen molar-refractivity contribution in [3.63, 3.8) is 0 Å². The molecule has 102 valence electrons. The zero-order chi connectivity index (χ0) is 14.0. The normalized spacial score (nSPS) is 11.3. The molecule has 1 N–H and O–H groups in total. The van der Waals surface area contributed by atoms with Gasteiger partial charge in [0, 0.05) is 16.6 Å². The predicted octanol–water partition coefficient (Wildman–Crippen LogP) is 3.00. The van der Waals surface area contributed by atoms with Gasteiger partial charge in [0.15, 0.2) is 11.6 Å². The molecule has 0 amide bonds. The van der Waals surface area contributed by atoms with Crippen LogP contribution in [0.3, 0.4) is 0 Å². The van der Waals surface area contributed by atoms with E-state index in [4.69, 9.17) is 0 Å². The van der Waals surface area contributed by atoms with Gasteiger partial charge in [0.2, 0.25) is 0 Å². The monoisotopic (exact) mass is 327 g/mol. The van der Waals surface area contributed by atoms with Gasteiger partial charge in [-0.1, -0.05) is 29.8 Å². The molecule has 1 aromatic carbocycles. The van der Waals surface area contributed by atoms with Gasteiger partial charge < -0.3 is 9.67 Å². The van der Waals surface area contributed by atoms with E-state index < -0.39 is 0 Å². The maximum absolute atomic E-state index is 13.4. The number of nitrogens with zero attached hydrogens (tertiary/aromatic N) is 3. The molecule has 4 nitrogen and oxygen atoms in total. The Balaban J connectivity index is 2.55. The van der Waals surface area contributed by atoms with Crippen LogP contribution in [0.25, 0.3) is 11.4 Å². The summed E-state index contributed by atoms with van der Waals surface area (Å²) in [5.41, 5.74) is 0.632. The smallest absolute Gasteiger partial charge is 0.165 e. The first kappa shape index (κ1) is 14.1. The minimum atomic E-state index is -0.331. The molecule has 0 aliphatic rings. The molecule has 1 heterocycles. The Morgan fingerprint density at radius 1 is 1.37 bits per heavy atom. The van der Waals surface area contributed by atoms with Crippen molar-refractivity contribution in [2.45, 2.75) is 27.0 Å². The van der Waals surface area contributed by atoms with Gasteiger partial charge in [-0.05, 0) is 24.1 Å². The van der Waals surface area contributed by atoms with E-state index in [2.05, 4.69) is 40.0 Å². The Bertz CT molecular complexity index is 583. The summed E-state index contributed by atoms with van der Waals surface area (Å²) in [6.45, 7) is 4.60. The van der Waals surface area contributed by atoms with Crippen LogP contribution in [-0.4, -0.2) is 19.9 Å². The third-order valence-electron chi connectivity index (χ3n) is 2.69. The summed E-state index contributed by atoms with van der Waals surface area (Å²) in [5.74, 6) is 1.08. The van der Waals surface area contributed by atoms with Gasteiger partial charge in [0.25, 0.3) is 0 Å². The second-order valence-corrected chi connectivity index (χ2v) is 5.58. The number of aliphatic hydroxyl groups is 1. The highest BCUT2D eigenvalue weighted by Crippen LogP contribution is 2.28. The molecule has 1 aromatic heterocycles. The summed E-state index contributed by atoms with van der Waals surface area (Å²) < 4.78 is 16.0. The van der Waals surface area contributed by atoms with E-state index in [-0.39, 0.29) is 12.4 Å². The molecule has 6 heteroatoms. The van der Waals surface area contributed by atoms with Crippen molar-refractivity contribution >= 4 is 15.9 Å². The molecule has 2 rings (SSSR count). The molecule has 0 atom stereocenters. The molecule has 0 bridgehead atoms. The Kier molecular flexibility index (Phi) is 4.31. The maximum atomic E-state index is 13.4. The Morgan fingerprint density at radius 2 is 2.11 bits per heavy atom. The first-order valence-electron chi connectivity index (χ1n) is 6.01. The highest BCUT2D eigenvalue weighted by atomic mass is 79.9. The van der Waals surface area contributed by atoms with E-state index in [0.717, 1.165) is 4.47 Å². The lowest BCUT2D eigenvalue weighted by Crippen LogP contribution is -2.10. The van der Waals surface area contributed by atoms with Gasteiger partial charge >= 0.3 is 0 Å². The molecule has 2 aromatic rings. The van der Waals surface area contributed by atoms with Crippen LogP contribution in [0, 0.1) is 11.7 Å². The molecule has 0 unspecified atom stereocenters.